The molecule has 1 amide bonds. The van der Waals surface area contributed by atoms with Crippen molar-refractivity contribution in [2.45, 2.75) is 43.3 Å². The molecule has 12 heteroatoms. The molecule has 0 aliphatic carbocycles. The molecule has 0 radical (unpaired) electrons. The van der Waals surface area contributed by atoms with E-state index in [1.54, 1.807) is 22.7 Å². The number of rotatable bonds is 7. The highest BCUT2D eigenvalue weighted by Crippen LogP contribution is 2.46. The number of carbonyl (C=O) groups is 1. The summed E-state index contributed by atoms with van der Waals surface area (Å²) in [6, 6.07) is 22.3. The topological polar surface area (TPSA) is 82.6 Å². The molecule has 44 heavy (non-hydrogen) atoms. The summed E-state index contributed by atoms with van der Waals surface area (Å²) < 4.78 is 42.7. The van der Waals surface area contributed by atoms with Gasteiger partial charge in [-0.2, -0.15) is 4.31 Å². The number of carbonyl (C=O) groups excluding carboxylic acids is 1. The zero-order chi connectivity index (χ0) is 29.6. The standard InChI is InChI=1S/C32H29FN4O3S3.ClH/c33-22-12-14-23(15-13-22)43(39,40)37-17-6-10-26(37)30(38)35-32-29(31-34-25-9-4-5-11-27(25)41-31)24-16-18-36(20-28(24)42-32)19-21-7-2-1-3-8-21;/h1-5,7-9,11-15,26H,6,10,16-20H2,(H,35,38);1H. The number of thiazole rings is 1. The van der Waals surface area contributed by atoms with Crippen molar-refractivity contribution in [3.8, 4) is 10.6 Å². The lowest BCUT2D eigenvalue weighted by atomic mass is 10.0. The van der Waals surface area contributed by atoms with Gasteiger partial charge in [-0.05, 0) is 66.8 Å². The molecular formula is C32H30ClFN4O3S3. The van der Waals surface area contributed by atoms with E-state index in [1.165, 1.54) is 32.4 Å². The van der Waals surface area contributed by atoms with E-state index in [0.717, 1.165) is 59.0 Å². The predicted molar refractivity (Wildman–Crippen MR) is 176 cm³/mol. The highest BCUT2D eigenvalue weighted by molar-refractivity contribution is 7.89. The van der Waals surface area contributed by atoms with Crippen molar-refractivity contribution in [3.05, 3.63) is 101 Å². The Morgan fingerprint density at radius 1 is 0.977 bits per heavy atom. The molecule has 7 rings (SSSR count). The fourth-order valence-electron chi connectivity index (χ4n) is 5.95. The lowest BCUT2D eigenvalue weighted by Crippen LogP contribution is -2.43. The van der Waals surface area contributed by atoms with Gasteiger partial charge in [0.1, 0.15) is 21.9 Å². The number of sulfonamides is 1. The third kappa shape index (κ3) is 5.92. The molecule has 4 heterocycles. The number of thiophene rings is 1. The lowest BCUT2D eigenvalue weighted by molar-refractivity contribution is -0.119. The third-order valence-corrected chi connectivity index (χ3v) is 12.2. The number of halogens is 2. The van der Waals surface area contributed by atoms with Crippen LogP contribution in [0.25, 0.3) is 20.8 Å². The summed E-state index contributed by atoms with van der Waals surface area (Å²) in [5.41, 5.74) is 4.31. The minimum Gasteiger partial charge on any atom is -0.316 e. The molecule has 1 fully saturated rings. The van der Waals surface area contributed by atoms with Gasteiger partial charge in [-0.1, -0.05) is 42.5 Å². The van der Waals surface area contributed by atoms with Crippen LogP contribution >= 0.6 is 35.1 Å². The Balaban J connectivity index is 0.00000343. The van der Waals surface area contributed by atoms with Crippen molar-refractivity contribution in [1.29, 1.82) is 0 Å². The van der Waals surface area contributed by atoms with Gasteiger partial charge in [-0.3, -0.25) is 9.69 Å². The number of hydrogen-bond acceptors (Lipinski definition) is 7. The largest absolute Gasteiger partial charge is 0.316 e. The molecule has 3 aromatic carbocycles. The second-order valence-electron chi connectivity index (χ2n) is 10.9. The summed E-state index contributed by atoms with van der Waals surface area (Å²) in [6.07, 6.45) is 1.81. The highest BCUT2D eigenvalue weighted by Gasteiger charge is 2.40. The van der Waals surface area contributed by atoms with Crippen LogP contribution in [-0.2, 0) is 34.3 Å². The Hall–Kier alpha value is -3.19. The van der Waals surface area contributed by atoms with E-state index >= 15 is 0 Å². The summed E-state index contributed by atoms with van der Waals surface area (Å²) in [6.45, 7) is 2.72. The summed E-state index contributed by atoms with van der Waals surface area (Å²) in [4.78, 5) is 22.4. The fraction of sp³-hybridized carbons (Fsp3) is 0.250. The molecule has 2 aromatic heterocycles. The van der Waals surface area contributed by atoms with Crippen molar-refractivity contribution < 1.29 is 17.6 Å². The first-order valence-electron chi connectivity index (χ1n) is 14.2. The van der Waals surface area contributed by atoms with Crippen molar-refractivity contribution in [3.63, 3.8) is 0 Å². The third-order valence-electron chi connectivity index (χ3n) is 8.06. The number of para-hydroxylation sites is 1. The van der Waals surface area contributed by atoms with Gasteiger partial charge in [0.2, 0.25) is 15.9 Å². The molecule has 0 spiro atoms. The van der Waals surface area contributed by atoms with Gasteiger partial charge < -0.3 is 5.32 Å². The van der Waals surface area contributed by atoms with Crippen LogP contribution in [0.15, 0.2) is 83.8 Å². The predicted octanol–water partition coefficient (Wildman–Crippen LogP) is 6.94. The fourth-order valence-corrected chi connectivity index (χ4v) is 10.0. The monoisotopic (exact) mass is 668 g/mol. The maximum atomic E-state index is 13.8. The van der Waals surface area contributed by atoms with Crippen LogP contribution in [0.3, 0.4) is 0 Å². The molecular weight excluding hydrogens is 639 g/mol. The van der Waals surface area contributed by atoms with Gasteiger partial charge >= 0.3 is 0 Å². The Morgan fingerprint density at radius 2 is 1.73 bits per heavy atom. The molecule has 7 nitrogen and oxygen atoms in total. The van der Waals surface area contributed by atoms with E-state index in [4.69, 9.17) is 4.98 Å². The van der Waals surface area contributed by atoms with Crippen LogP contribution in [0.1, 0.15) is 28.8 Å². The molecule has 2 aliphatic heterocycles. The number of nitrogens with one attached hydrogen (secondary N) is 1. The van der Waals surface area contributed by atoms with Crippen molar-refractivity contribution >= 4 is 66.2 Å². The molecule has 228 valence electrons. The normalized spacial score (nSPS) is 17.3. The van der Waals surface area contributed by atoms with Gasteiger partial charge in [0.25, 0.3) is 0 Å². The number of benzene rings is 3. The minimum atomic E-state index is -3.97. The van der Waals surface area contributed by atoms with E-state index in [1.807, 2.05) is 30.3 Å². The maximum Gasteiger partial charge on any atom is 0.243 e. The van der Waals surface area contributed by atoms with E-state index < -0.39 is 21.9 Å². The molecule has 2 aliphatic rings. The molecule has 1 unspecified atom stereocenters. The number of aromatic nitrogens is 1. The Kier molecular flexibility index (Phi) is 8.87. The lowest BCUT2D eigenvalue weighted by Gasteiger charge is -2.27. The van der Waals surface area contributed by atoms with E-state index in [2.05, 4.69) is 34.5 Å². The Bertz CT molecular complexity index is 1880. The van der Waals surface area contributed by atoms with Crippen molar-refractivity contribution in [2.24, 2.45) is 0 Å². The SMILES string of the molecule is Cl.O=C(Nc1sc2c(c1-c1nc3ccccc3s1)CCN(Cc1ccccc1)C2)C1CCCN1S(=O)(=O)c1ccc(F)cc1. The smallest absolute Gasteiger partial charge is 0.243 e. The van der Waals surface area contributed by atoms with Crippen LogP contribution in [0.5, 0.6) is 0 Å². The molecule has 0 bridgehead atoms. The second-order valence-corrected chi connectivity index (χ2v) is 14.9. The van der Waals surface area contributed by atoms with Crippen molar-refractivity contribution in [2.75, 3.05) is 18.4 Å². The number of amides is 1. The minimum absolute atomic E-state index is 0. The summed E-state index contributed by atoms with van der Waals surface area (Å²) in [5.74, 6) is -0.869. The molecule has 1 saturated heterocycles. The van der Waals surface area contributed by atoms with E-state index in [0.29, 0.717) is 17.8 Å². The van der Waals surface area contributed by atoms with Gasteiger partial charge in [0, 0.05) is 36.6 Å². The second kappa shape index (κ2) is 12.7. The number of fused-ring (bicyclic) bond motifs is 2. The van der Waals surface area contributed by atoms with Crippen LogP contribution in [0.4, 0.5) is 9.39 Å². The van der Waals surface area contributed by atoms with Crippen LogP contribution in [0.2, 0.25) is 0 Å². The van der Waals surface area contributed by atoms with Gasteiger partial charge in [-0.25, -0.2) is 17.8 Å². The molecule has 1 atom stereocenters. The number of hydrogen-bond donors (Lipinski definition) is 1. The van der Waals surface area contributed by atoms with E-state index in [9.17, 15) is 17.6 Å². The summed E-state index contributed by atoms with van der Waals surface area (Å²) >= 11 is 3.16. The molecule has 1 N–H and O–H groups in total. The average molecular weight is 669 g/mol. The average Bonchev–Trinajstić information content (AvgIpc) is 3.74. The first kappa shape index (κ1) is 30.8. The highest BCUT2D eigenvalue weighted by atomic mass is 35.5. The summed E-state index contributed by atoms with van der Waals surface area (Å²) in [5, 5.41) is 4.71. The first-order chi connectivity index (χ1) is 20.9. The van der Waals surface area contributed by atoms with Gasteiger partial charge in [0.15, 0.2) is 0 Å². The van der Waals surface area contributed by atoms with Crippen LogP contribution in [0, 0.1) is 5.82 Å². The van der Waals surface area contributed by atoms with Gasteiger partial charge in [0.05, 0.1) is 15.1 Å². The zero-order valence-corrected chi connectivity index (χ0v) is 26.9. The van der Waals surface area contributed by atoms with Crippen LogP contribution in [-0.4, -0.2) is 47.6 Å². The quantitative estimate of drug-likeness (QED) is 0.203. The Labute approximate surface area is 269 Å². The molecule has 5 aromatic rings. The van der Waals surface area contributed by atoms with E-state index in [-0.39, 0.29) is 29.8 Å². The van der Waals surface area contributed by atoms with Crippen LogP contribution < -0.4 is 5.32 Å². The van der Waals surface area contributed by atoms with Crippen molar-refractivity contribution in [1.82, 2.24) is 14.2 Å². The first-order valence-corrected chi connectivity index (χ1v) is 17.3. The Morgan fingerprint density at radius 3 is 2.50 bits per heavy atom. The maximum absolute atomic E-state index is 13.8. The molecule has 0 saturated carbocycles. The number of anilines is 1. The summed E-state index contributed by atoms with van der Waals surface area (Å²) in [7, 11) is -3.97. The number of nitrogens with zero attached hydrogens (tertiary/aromatic N) is 3. The zero-order valence-electron chi connectivity index (χ0n) is 23.6. The van der Waals surface area contributed by atoms with Gasteiger partial charge in [-0.15, -0.1) is 35.1 Å².